The predicted molar refractivity (Wildman–Crippen MR) is 95.4 cm³/mol. The maximum absolute atomic E-state index is 12.5. The molecule has 3 rings (SSSR count). The van der Waals surface area contributed by atoms with Crippen LogP contribution >= 0.6 is 8.45 Å². The van der Waals surface area contributed by atoms with Crippen molar-refractivity contribution >= 4 is 14.4 Å². The first kappa shape index (κ1) is 17.8. The number of carbonyl (C=O) groups is 1. The van der Waals surface area contributed by atoms with Crippen LogP contribution in [0, 0.1) is 0 Å². The first-order chi connectivity index (χ1) is 11.6. The Hall–Kier alpha value is -1.00. The Morgan fingerprint density at radius 1 is 1.17 bits per heavy atom. The van der Waals surface area contributed by atoms with Crippen molar-refractivity contribution in [2.75, 3.05) is 20.7 Å². The molecule has 0 spiro atoms. The number of hydrogen-bond donors (Lipinski definition) is 0. The summed E-state index contributed by atoms with van der Waals surface area (Å²) in [5.41, 5.74) is 0.857. The molecule has 1 saturated heterocycles. The van der Waals surface area contributed by atoms with Gasteiger partial charge in [-0.3, -0.25) is 0 Å². The van der Waals surface area contributed by atoms with Crippen molar-refractivity contribution in [3.63, 3.8) is 0 Å². The molecule has 24 heavy (non-hydrogen) atoms. The van der Waals surface area contributed by atoms with Crippen LogP contribution in [0.15, 0.2) is 30.3 Å². The van der Waals surface area contributed by atoms with E-state index >= 15 is 0 Å². The van der Waals surface area contributed by atoms with Crippen molar-refractivity contribution in [1.29, 1.82) is 0 Å². The molecule has 1 aliphatic heterocycles. The van der Waals surface area contributed by atoms with E-state index in [2.05, 4.69) is 23.4 Å². The van der Waals surface area contributed by atoms with E-state index in [1.807, 2.05) is 37.3 Å². The Labute approximate surface area is 145 Å². The minimum absolute atomic E-state index is 0.303. The molecule has 6 heteroatoms. The van der Waals surface area contributed by atoms with Crippen molar-refractivity contribution in [3.8, 4) is 0 Å². The Morgan fingerprint density at radius 2 is 1.75 bits per heavy atom. The smallest absolute Gasteiger partial charge is 0.340 e. The number of hydrogen-bond acceptors (Lipinski definition) is 5. The fourth-order valence-corrected chi connectivity index (χ4v) is 5.95. The molecule has 0 aromatic heterocycles. The van der Waals surface area contributed by atoms with Crippen molar-refractivity contribution in [3.05, 3.63) is 35.9 Å². The van der Waals surface area contributed by atoms with Gasteiger partial charge >= 0.3 is 5.97 Å². The Kier molecular flexibility index (Phi) is 5.88. The summed E-state index contributed by atoms with van der Waals surface area (Å²) in [7, 11) is 3.30. The van der Waals surface area contributed by atoms with E-state index < -0.39 is 14.6 Å². The van der Waals surface area contributed by atoms with Gasteiger partial charge in [0.05, 0.1) is 6.61 Å². The molecular weight excluding hydrogens is 323 g/mol. The summed E-state index contributed by atoms with van der Waals surface area (Å²) < 4.78 is 16.3. The van der Waals surface area contributed by atoms with Crippen LogP contribution in [0.2, 0.25) is 0 Å². The van der Waals surface area contributed by atoms with Gasteiger partial charge in [-0.2, -0.15) is 0 Å². The molecule has 0 amide bonds. The quantitative estimate of drug-likeness (QED) is 0.598. The number of benzene rings is 1. The molecule has 2 aliphatic rings. The maximum atomic E-state index is 12.5. The molecule has 3 atom stereocenters. The van der Waals surface area contributed by atoms with Crippen molar-refractivity contribution in [2.45, 2.75) is 50.8 Å². The van der Waals surface area contributed by atoms with Gasteiger partial charge in [-0.05, 0) is 39.4 Å². The standard InChI is InChI=1S/C18H27N2O3P/c1-4-22-18(21)17(14-10-6-5-7-11-14)23-24-19(2)15-12-8-9-13-16(15)20(24)3/h5-7,10-11,15-17H,4,8-9,12-13H2,1-3H3/t15-,16-,17-/m1/s1. The second-order valence-corrected chi connectivity index (χ2v) is 8.45. The Bertz CT molecular complexity index is 538. The van der Waals surface area contributed by atoms with E-state index in [0.717, 1.165) is 5.56 Å². The summed E-state index contributed by atoms with van der Waals surface area (Å²) in [5.74, 6) is -0.303. The van der Waals surface area contributed by atoms with E-state index in [1.165, 1.54) is 25.7 Å². The number of likely N-dealkylation sites (N-methyl/N-ethyl adjacent to an activating group) is 2. The Morgan fingerprint density at radius 3 is 2.29 bits per heavy atom. The molecule has 132 valence electrons. The molecule has 0 bridgehead atoms. The predicted octanol–water partition coefficient (Wildman–Crippen LogP) is 3.72. The van der Waals surface area contributed by atoms with Gasteiger partial charge in [-0.15, -0.1) is 0 Å². The van der Waals surface area contributed by atoms with E-state index in [0.29, 0.717) is 18.7 Å². The van der Waals surface area contributed by atoms with Gasteiger partial charge in [-0.25, -0.2) is 14.1 Å². The zero-order valence-corrected chi connectivity index (χ0v) is 15.6. The highest BCUT2D eigenvalue weighted by Gasteiger charge is 2.47. The number of nitrogens with zero attached hydrogens (tertiary/aromatic N) is 2. The van der Waals surface area contributed by atoms with Crippen LogP contribution in [0.3, 0.4) is 0 Å². The number of esters is 1. The highest BCUT2D eigenvalue weighted by Crippen LogP contribution is 2.58. The van der Waals surface area contributed by atoms with Crippen LogP contribution in [0.4, 0.5) is 0 Å². The number of fused-ring (bicyclic) bond motifs is 1. The van der Waals surface area contributed by atoms with Gasteiger partial charge < -0.3 is 9.26 Å². The third kappa shape index (κ3) is 3.50. The molecule has 1 aromatic rings. The average Bonchev–Trinajstić information content (AvgIpc) is 2.85. The van der Waals surface area contributed by atoms with Crippen LogP contribution in [0.25, 0.3) is 0 Å². The van der Waals surface area contributed by atoms with E-state index in [-0.39, 0.29) is 5.97 Å². The lowest BCUT2D eigenvalue weighted by Gasteiger charge is -2.29. The molecular formula is C18H27N2O3P. The van der Waals surface area contributed by atoms with Crippen molar-refractivity contribution in [1.82, 2.24) is 9.34 Å². The molecule has 5 nitrogen and oxygen atoms in total. The molecule has 1 aliphatic carbocycles. The number of rotatable bonds is 5. The first-order valence-corrected chi connectivity index (χ1v) is 9.94. The fraction of sp³-hybridized carbons (Fsp3) is 0.611. The van der Waals surface area contributed by atoms with Gasteiger partial charge in [0, 0.05) is 12.1 Å². The van der Waals surface area contributed by atoms with E-state index in [1.54, 1.807) is 0 Å². The van der Waals surface area contributed by atoms with E-state index in [4.69, 9.17) is 9.26 Å². The van der Waals surface area contributed by atoms with Gasteiger partial charge in [0.2, 0.25) is 0 Å². The van der Waals surface area contributed by atoms with Gasteiger partial charge in [0.1, 0.15) is 0 Å². The lowest BCUT2D eigenvalue weighted by molar-refractivity contribution is -0.151. The molecule has 0 unspecified atom stereocenters. The van der Waals surface area contributed by atoms with Crippen molar-refractivity contribution < 1.29 is 14.1 Å². The summed E-state index contributed by atoms with van der Waals surface area (Å²) in [6, 6.07) is 10.7. The topological polar surface area (TPSA) is 42.0 Å². The second-order valence-electron chi connectivity index (χ2n) is 6.47. The third-order valence-corrected chi connectivity index (χ3v) is 7.07. The van der Waals surface area contributed by atoms with Crippen LogP contribution in [-0.4, -0.2) is 48.1 Å². The fourth-order valence-electron chi connectivity index (χ4n) is 3.77. The zero-order valence-electron chi connectivity index (χ0n) is 14.7. The summed E-state index contributed by atoms with van der Waals surface area (Å²) in [5, 5.41) is 0. The molecule has 0 radical (unpaired) electrons. The first-order valence-electron chi connectivity index (χ1n) is 8.77. The summed E-state index contributed by atoms with van der Waals surface area (Å²) >= 11 is 0. The highest BCUT2D eigenvalue weighted by atomic mass is 31.2. The SMILES string of the molecule is CCOC(=O)[C@H](OP1N(C)[C@@H]2CCCC[C@H]2N1C)c1ccccc1. The third-order valence-electron chi connectivity index (χ3n) is 5.00. The number of ether oxygens (including phenoxy) is 1. The van der Waals surface area contributed by atoms with Crippen LogP contribution < -0.4 is 0 Å². The number of carbonyl (C=O) groups excluding carboxylic acids is 1. The normalized spacial score (nSPS) is 27.0. The van der Waals surface area contributed by atoms with Gasteiger partial charge in [0.15, 0.2) is 14.6 Å². The molecule has 1 saturated carbocycles. The maximum Gasteiger partial charge on any atom is 0.340 e. The second kappa shape index (κ2) is 7.92. The lowest BCUT2D eigenvalue weighted by Crippen LogP contribution is -2.37. The molecule has 1 heterocycles. The summed E-state index contributed by atoms with van der Waals surface area (Å²) in [6.45, 7) is 2.19. The monoisotopic (exact) mass is 350 g/mol. The van der Waals surface area contributed by atoms with Crippen LogP contribution in [0.1, 0.15) is 44.3 Å². The Balaban J connectivity index is 1.80. The highest BCUT2D eigenvalue weighted by molar-refractivity contribution is 7.47. The average molecular weight is 350 g/mol. The lowest BCUT2D eigenvalue weighted by atomic mass is 9.91. The zero-order chi connectivity index (χ0) is 17.1. The van der Waals surface area contributed by atoms with Crippen LogP contribution in [-0.2, 0) is 14.1 Å². The van der Waals surface area contributed by atoms with Gasteiger partial charge in [-0.1, -0.05) is 43.2 Å². The molecule has 1 aromatic carbocycles. The summed E-state index contributed by atoms with van der Waals surface area (Å²) in [6.07, 6.45) is 4.32. The summed E-state index contributed by atoms with van der Waals surface area (Å²) in [4.78, 5) is 12.5. The van der Waals surface area contributed by atoms with Gasteiger partial charge in [0.25, 0.3) is 0 Å². The molecule has 0 N–H and O–H groups in total. The van der Waals surface area contributed by atoms with Crippen LogP contribution in [0.5, 0.6) is 0 Å². The minimum atomic E-state index is -0.958. The van der Waals surface area contributed by atoms with Crippen molar-refractivity contribution in [2.24, 2.45) is 0 Å². The molecule has 2 fully saturated rings. The minimum Gasteiger partial charge on any atom is -0.464 e. The van der Waals surface area contributed by atoms with E-state index in [9.17, 15) is 4.79 Å². The largest absolute Gasteiger partial charge is 0.464 e.